The first kappa shape index (κ1) is 12.8. The lowest BCUT2D eigenvalue weighted by molar-refractivity contribution is 0.0696. The van der Waals surface area contributed by atoms with Crippen molar-refractivity contribution < 1.29 is 14.7 Å². The van der Waals surface area contributed by atoms with Crippen LogP contribution in [0.5, 0.6) is 0 Å². The Balaban J connectivity index is 2.24. The van der Waals surface area contributed by atoms with Gasteiger partial charge >= 0.3 is 5.97 Å². The van der Waals surface area contributed by atoms with E-state index in [9.17, 15) is 9.59 Å². The van der Waals surface area contributed by atoms with Gasteiger partial charge in [-0.3, -0.25) is 4.79 Å². The molecule has 2 aromatic rings. The van der Waals surface area contributed by atoms with Crippen molar-refractivity contribution in [2.24, 2.45) is 0 Å². The molecule has 0 bridgehead atoms. The highest BCUT2D eigenvalue weighted by atomic mass is 16.4. The number of hydrogen-bond acceptors (Lipinski definition) is 2. The Labute approximate surface area is 110 Å². The smallest absolute Gasteiger partial charge is 0.336 e. The van der Waals surface area contributed by atoms with E-state index in [1.54, 1.807) is 42.5 Å². The molecule has 0 fully saturated rings. The number of benzene rings is 2. The Kier molecular flexibility index (Phi) is 3.88. The molecule has 0 atom stereocenters. The molecule has 0 aliphatic rings. The van der Waals surface area contributed by atoms with Crippen LogP contribution in [0.1, 0.15) is 26.3 Å². The molecule has 3 nitrogen and oxygen atoms in total. The molecule has 0 heterocycles. The lowest BCUT2D eigenvalue weighted by Gasteiger charge is -2.00. The molecule has 2 rings (SSSR count). The van der Waals surface area contributed by atoms with E-state index in [4.69, 9.17) is 5.11 Å². The third-order valence-electron chi connectivity index (χ3n) is 2.66. The topological polar surface area (TPSA) is 54.4 Å². The first-order chi connectivity index (χ1) is 9.18. The number of hydrogen-bond donors (Lipinski definition) is 1. The lowest BCUT2D eigenvalue weighted by Crippen LogP contribution is -1.99. The fraction of sp³-hybridized carbons (Fsp3) is 0. The van der Waals surface area contributed by atoms with Crippen molar-refractivity contribution in [3.8, 4) is 0 Å². The van der Waals surface area contributed by atoms with Gasteiger partial charge in [0, 0.05) is 5.56 Å². The van der Waals surface area contributed by atoms with E-state index >= 15 is 0 Å². The van der Waals surface area contributed by atoms with Gasteiger partial charge in [-0.2, -0.15) is 0 Å². The van der Waals surface area contributed by atoms with Gasteiger partial charge in [0.1, 0.15) is 0 Å². The van der Waals surface area contributed by atoms with Crippen molar-refractivity contribution in [2.75, 3.05) is 0 Å². The Bertz CT molecular complexity index is 627. The molecule has 0 aromatic heterocycles. The summed E-state index contributed by atoms with van der Waals surface area (Å²) in [5.74, 6) is -1.16. The Morgan fingerprint density at radius 3 is 2.21 bits per heavy atom. The summed E-state index contributed by atoms with van der Waals surface area (Å²) < 4.78 is 0. The number of rotatable bonds is 4. The molecule has 2 aromatic carbocycles. The van der Waals surface area contributed by atoms with E-state index in [2.05, 4.69) is 0 Å². The minimum atomic E-state index is -1.01. The molecule has 0 amide bonds. The van der Waals surface area contributed by atoms with Crippen molar-refractivity contribution >= 4 is 17.8 Å². The minimum absolute atomic E-state index is 0.152. The lowest BCUT2D eigenvalue weighted by atomic mass is 10.1. The monoisotopic (exact) mass is 252 g/mol. The summed E-state index contributed by atoms with van der Waals surface area (Å²) in [4.78, 5) is 22.9. The highest BCUT2D eigenvalue weighted by molar-refractivity contribution is 6.07. The number of carbonyl (C=O) groups excluding carboxylic acids is 1. The largest absolute Gasteiger partial charge is 0.478 e. The van der Waals surface area contributed by atoms with Gasteiger partial charge in [0.05, 0.1) is 5.56 Å². The summed E-state index contributed by atoms with van der Waals surface area (Å²) in [7, 11) is 0. The van der Waals surface area contributed by atoms with Crippen LogP contribution < -0.4 is 0 Å². The minimum Gasteiger partial charge on any atom is -0.478 e. The highest BCUT2D eigenvalue weighted by Gasteiger charge is 2.07. The molecule has 0 saturated heterocycles. The highest BCUT2D eigenvalue weighted by Crippen LogP contribution is 2.11. The van der Waals surface area contributed by atoms with Gasteiger partial charge in [0.25, 0.3) is 0 Å². The summed E-state index contributed by atoms with van der Waals surface area (Å²) >= 11 is 0. The average Bonchev–Trinajstić information content (AvgIpc) is 2.46. The van der Waals surface area contributed by atoms with Gasteiger partial charge in [-0.05, 0) is 17.7 Å². The maximum absolute atomic E-state index is 11.9. The van der Waals surface area contributed by atoms with Gasteiger partial charge < -0.3 is 5.11 Å². The average molecular weight is 252 g/mol. The molecule has 94 valence electrons. The maximum Gasteiger partial charge on any atom is 0.336 e. The molecular formula is C16H12O3. The third kappa shape index (κ3) is 3.16. The van der Waals surface area contributed by atoms with Gasteiger partial charge in [-0.1, -0.05) is 54.6 Å². The van der Waals surface area contributed by atoms with Crippen LogP contribution in [0.4, 0.5) is 0 Å². The summed E-state index contributed by atoms with van der Waals surface area (Å²) in [5, 5.41) is 9.03. The molecule has 0 aliphatic carbocycles. The van der Waals surface area contributed by atoms with Gasteiger partial charge in [0.15, 0.2) is 5.78 Å². The quantitative estimate of drug-likeness (QED) is 0.671. The van der Waals surface area contributed by atoms with E-state index in [1.807, 2.05) is 6.07 Å². The first-order valence-electron chi connectivity index (χ1n) is 5.78. The van der Waals surface area contributed by atoms with Gasteiger partial charge in [0.2, 0.25) is 0 Å². The first-order valence-corrected chi connectivity index (χ1v) is 5.78. The van der Waals surface area contributed by atoms with Crippen LogP contribution in [0.2, 0.25) is 0 Å². The number of allylic oxidation sites excluding steroid dienone is 1. The SMILES string of the molecule is O=C(/C=C/c1ccccc1C(=O)O)c1ccccc1. The maximum atomic E-state index is 11.9. The van der Waals surface area contributed by atoms with E-state index in [0.717, 1.165) is 0 Å². The van der Waals surface area contributed by atoms with Crippen LogP contribution in [-0.4, -0.2) is 16.9 Å². The van der Waals surface area contributed by atoms with E-state index in [-0.39, 0.29) is 11.3 Å². The molecule has 0 radical (unpaired) electrons. The predicted octanol–water partition coefficient (Wildman–Crippen LogP) is 3.28. The van der Waals surface area contributed by atoms with Crippen LogP contribution in [0, 0.1) is 0 Å². The van der Waals surface area contributed by atoms with E-state index in [0.29, 0.717) is 11.1 Å². The summed E-state index contributed by atoms with van der Waals surface area (Å²) in [6.07, 6.45) is 2.91. The molecule has 19 heavy (non-hydrogen) atoms. The Morgan fingerprint density at radius 1 is 0.895 bits per heavy atom. The summed E-state index contributed by atoms with van der Waals surface area (Å²) in [6.45, 7) is 0. The van der Waals surface area contributed by atoms with Crippen LogP contribution in [0.3, 0.4) is 0 Å². The second-order valence-electron chi connectivity index (χ2n) is 3.96. The standard InChI is InChI=1S/C16H12O3/c17-15(13-7-2-1-3-8-13)11-10-12-6-4-5-9-14(12)16(18)19/h1-11H,(H,18,19)/b11-10+. The molecule has 0 aliphatic heterocycles. The van der Waals surface area contributed by atoms with Gasteiger partial charge in [-0.25, -0.2) is 4.79 Å². The van der Waals surface area contributed by atoms with Crippen molar-refractivity contribution in [3.05, 3.63) is 77.4 Å². The van der Waals surface area contributed by atoms with E-state index < -0.39 is 5.97 Å². The van der Waals surface area contributed by atoms with Crippen LogP contribution >= 0.6 is 0 Å². The second-order valence-corrected chi connectivity index (χ2v) is 3.96. The van der Waals surface area contributed by atoms with Crippen molar-refractivity contribution in [2.45, 2.75) is 0 Å². The number of ketones is 1. The fourth-order valence-electron chi connectivity index (χ4n) is 1.70. The predicted molar refractivity (Wildman–Crippen MR) is 73.2 cm³/mol. The molecule has 3 heteroatoms. The van der Waals surface area contributed by atoms with Crippen LogP contribution in [0.15, 0.2) is 60.7 Å². The van der Waals surface area contributed by atoms with E-state index in [1.165, 1.54) is 18.2 Å². The third-order valence-corrected chi connectivity index (χ3v) is 2.66. The molecule has 0 saturated carbocycles. The zero-order valence-electron chi connectivity index (χ0n) is 10.1. The second kappa shape index (κ2) is 5.78. The number of aromatic carboxylic acids is 1. The molecule has 1 N–H and O–H groups in total. The Morgan fingerprint density at radius 2 is 1.53 bits per heavy atom. The van der Waals surface area contributed by atoms with Crippen LogP contribution in [-0.2, 0) is 0 Å². The van der Waals surface area contributed by atoms with Crippen molar-refractivity contribution in [3.63, 3.8) is 0 Å². The molecular weight excluding hydrogens is 240 g/mol. The Hall–Kier alpha value is -2.68. The van der Waals surface area contributed by atoms with Crippen molar-refractivity contribution in [1.29, 1.82) is 0 Å². The summed E-state index contributed by atoms with van der Waals surface area (Å²) in [6, 6.07) is 15.4. The summed E-state index contributed by atoms with van der Waals surface area (Å²) in [5.41, 5.74) is 1.27. The fourth-order valence-corrected chi connectivity index (χ4v) is 1.70. The number of carbonyl (C=O) groups is 2. The number of carboxylic acid groups (broad SMARTS) is 1. The molecule has 0 unspecified atom stereocenters. The van der Waals surface area contributed by atoms with Gasteiger partial charge in [-0.15, -0.1) is 0 Å². The zero-order chi connectivity index (χ0) is 13.7. The zero-order valence-corrected chi connectivity index (χ0v) is 10.1. The van der Waals surface area contributed by atoms with Crippen molar-refractivity contribution in [1.82, 2.24) is 0 Å². The normalized spacial score (nSPS) is 10.5. The van der Waals surface area contributed by atoms with Crippen LogP contribution in [0.25, 0.3) is 6.08 Å². The molecule has 0 spiro atoms. The number of carboxylic acids is 1.